The van der Waals surface area contributed by atoms with Gasteiger partial charge in [-0.1, -0.05) is 26.8 Å². The van der Waals surface area contributed by atoms with Crippen molar-refractivity contribution in [1.29, 1.82) is 0 Å². The molecule has 0 bridgehead atoms. The minimum atomic E-state index is -0.289. The van der Waals surface area contributed by atoms with Crippen molar-refractivity contribution in [1.82, 2.24) is 4.90 Å². The van der Waals surface area contributed by atoms with Crippen LogP contribution in [0.3, 0.4) is 0 Å². The number of aryl methyl sites for hydroxylation is 1. The summed E-state index contributed by atoms with van der Waals surface area (Å²) in [4.78, 5) is 27.1. The lowest BCUT2D eigenvalue weighted by Crippen LogP contribution is -2.42. The quantitative estimate of drug-likeness (QED) is 0.881. The Kier molecular flexibility index (Phi) is 6.22. The van der Waals surface area contributed by atoms with Crippen molar-refractivity contribution >= 4 is 17.5 Å². The normalized spacial score (nSPS) is 23.0. The van der Waals surface area contributed by atoms with E-state index in [1.54, 1.807) is 13.0 Å². The molecule has 2 rings (SSSR count). The first-order valence-electron chi connectivity index (χ1n) is 9.15. The summed E-state index contributed by atoms with van der Waals surface area (Å²) in [5.41, 5.74) is 8.04. The van der Waals surface area contributed by atoms with Crippen molar-refractivity contribution in [3.8, 4) is 0 Å². The molecule has 0 radical (unpaired) electrons. The number of benzene rings is 1. The van der Waals surface area contributed by atoms with Crippen molar-refractivity contribution in [2.45, 2.75) is 47.1 Å². The maximum atomic E-state index is 12.9. The largest absolute Gasteiger partial charge is 0.338 e. The number of piperidine rings is 1. The van der Waals surface area contributed by atoms with Gasteiger partial charge in [-0.3, -0.25) is 9.59 Å². The highest BCUT2D eigenvalue weighted by Gasteiger charge is 2.26. The average molecular weight is 345 g/mol. The molecule has 25 heavy (non-hydrogen) atoms. The molecule has 5 heteroatoms. The van der Waals surface area contributed by atoms with Crippen LogP contribution in [0.15, 0.2) is 18.2 Å². The summed E-state index contributed by atoms with van der Waals surface area (Å²) in [6, 6.07) is 5.29. The van der Waals surface area contributed by atoms with E-state index in [9.17, 15) is 9.59 Å². The molecular formula is C20H31N3O2. The maximum Gasteiger partial charge on any atom is 0.253 e. The number of hydrogen-bond acceptors (Lipinski definition) is 3. The van der Waals surface area contributed by atoms with Crippen LogP contribution in [-0.4, -0.2) is 35.8 Å². The molecule has 0 aliphatic carbocycles. The monoisotopic (exact) mass is 345 g/mol. The average Bonchev–Trinajstić information content (AvgIpc) is 2.54. The van der Waals surface area contributed by atoms with Gasteiger partial charge in [-0.25, -0.2) is 0 Å². The van der Waals surface area contributed by atoms with Gasteiger partial charge < -0.3 is 16.0 Å². The van der Waals surface area contributed by atoms with E-state index in [1.807, 2.05) is 30.9 Å². The zero-order valence-corrected chi connectivity index (χ0v) is 16.0. The molecule has 1 aliphatic rings. The van der Waals surface area contributed by atoms with E-state index in [0.717, 1.165) is 25.1 Å². The molecule has 1 aromatic rings. The van der Waals surface area contributed by atoms with E-state index in [2.05, 4.69) is 19.2 Å². The second-order valence-corrected chi connectivity index (χ2v) is 7.82. The van der Waals surface area contributed by atoms with E-state index in [0.29, 0.717) is 23.1 Å². The van der Waals surface area contributed by atoms with E-state index in [4.69, 9.17) is 5.73 Å². The Labute approximate surface area is 151 Å². The second kappa shape index (κ2) is 8.00. The van der Waals surface area contributed by atoms with Gasteiger partial charge in [0.2, 0.25) is 5.91 Å². The van der Waals surface area contributed by atoms with Crippen LogP contribution in [0.4, 0.5) is 5.69 Å². The van der Waals surface area contributed by atoms with Crippen LogP contribution in [0.25, 0.3) is 0 Å². The van der Waals surface area contributed by atoms with Gasteiger partial charge in [0.15, 0.2) is 0 Å². The van der Waals surface area contributed by atoms with Crippen molar-refractivity contribution in [3.63, 3.8) is 0 Å². The van der Waals surface area contributed by atoms with Crippen LogP contribution >= 0.6 is 0 Å². The van der Waals surface area contributed by atoms with Gasteiger partial charge in [-0.05, 0) is 49.8 Å². The van der Waals surface area contributed by atoms with Gasteiger partial charge in [0.25, 0.3) is 5.91 Å². The van der Waals surface area contributed by atoms with Crippen molar-refractivity contribution < 1.29 is 9.59 Å². The smallest absolute Gasteiger partial charge is 0.253 e. The van der Waals surface area contributed by atoms with Crippen molar-refractivity contribution in [2.24, 2.45) is 23.5 Å². The fourth-order valence-corrected chi connectivity index (χ4v) is 3.39. The highest BCUT2D eigenvalue weighted by Crippen LogP contribution is 2.24. The van der Waals surface area contributed by atoms with Crippen LogP contribution in [0.5, 0.6) is 0 Å². The third-order valence-electron chi connectivity index (χ3n) is 5.10. The highest BCUT2D eigenvalue weighted by molar-refractivity contribution is 5.98. The number of nitrogens with two attached hydrogens (primary N) is 1. The number of hydrogen-bond donors (Lipinski definition) is 2. The first-order valence-corrected chi connectivity index (χ1v) is 9.15. The summed E-state index contributed by atoms with van der Waals surface area (Å²) < 4.78 is 0. The van der Waals surface area contributed by atoms with Gasteiger partial charge in [0, 0.05) is 30.4 Å². The SMILES string of the molecule is Cc1ccc(C(=O)N2CC(C)CC(C)C2)cc1NC(=O)C(C)C(C)N. The molecular weight excluding hydrogens is 314 g/mol. The second-order valence-electron chi connectivity index (χ2n) is 7.82. The lowest BCUT2D eigenvalue weighted by molar-refractivity contribution is -0.119. The Morgan fingerprint density at radius 2 is 1.80 bits per heavy atom. The number of rotatable bonds is 4. The van der Waals surface area contributed by atoms with Crippen LogP contribution in [-0.2, 0) is 4.79 Å². The van der Waals surface area contributed by atoms with Gasteiger partial charge in [0.1, 0.15) is 0 Å². The summed E-state index contributed by atoms with van der Waals surface area (Å²) in [5.74, 6) is 0.660. The number of anilines is 1. The molecule has 1 fully saturated rings. The predicted molar refractivity (Wildman–Crippen MR) is 101 cm³/mol. The third kappa shape index (κ3) is 4.82. The number of nitrogens with zero attached hydrogens (tertiary/aromatic N) is 1. The summed E-state index contributed by atoms with van der Waals surface area (Å²) in [6.45, 7) is 11.5. The van der Waals surface area contributed by atoms with E-state index < -0.39 is 0 Å². The number of carbonyl (C=O) groups excluding carboxylic acids is 2. The topological polar surface area (TPSA) is 75.4 Å². The minimum absolute atomic E-state index is 0.0362. The Hall–Kier alpha value is -1.88. The van der Waals surface area contributed by atoms with Crippen LogP contribution in [0, 0.1) is 24.7 Å². The van der Waals surface area contributed by atoms with Gasteiger partial charge in [-0.15, -0.1) is 0 Å². The number of nitrogens with one attached hydrogen (secondary N) is 1. The van der Waals surface area contributed by atoms with Gasteiger partial charge in [-0.2, -0.15) is 0 Å². The summed E-state index contributed by atoms with van der Waals surface area (Å²) in [5, 5.41) is 2.92. The Balaban J connectivity index is 2.17. The number of likely N-dealkylation sites (tertiary alicyclic amines) is 1. The third-order valence-corrected chi connectivity index (χ3v) is 5.10. The molecule has 5 nitrogen and oxygen atoms in total. The van der Waals surface area contributed by atoms with E-state index in [-0.39, 0.29) is 23.8 Å². The molecule has 1 saturated heterocycles. The first kappa shape index (κ1) is 19.4. The van der Waals surface area contributed by atoms with Crippen molar-refractivity contribution in [2.75, 3.05) is 18.4 Å². The maximum absolute atomic E-state index is 12.9. The summed E-state index contributed by atoms with van der Waals surface area (Å²) in [7, 11) is 0. The molecule has 4 unspecified atom stereocenters. The Morgan fingerprint density at radius 3 is 2.36 bits per heavy atom. The zero-order chi connectivity index (χ0) is 18.7. The Morgan fingerprint density at radius 1 is 1.20 bits per heavy atom. The van der Waals surface area contributed by atoms with Gasteiger partial charge >= 0.3 is 0 Å². The molecule has 138 valence electrons. The molecule has 2 amide bonds. The fraction of sp³-hybridized carbons (Fsp3) is 0.600. The predicted octanol–water partition coefficient (Wildman–Crippen LogP) is 3.03. The van der Waals surface area contributed by atoms with Crippen LogP contribution in [0.1, 0.15) is 50.0 Å². The lowest BCUT2D eigenvalue weighted by Gasteiger charge is -2.35. The molecule has 1 aliphatic heterocycles. The lowest BCUT2D eigenvalue weighted by atomic mass is 9.91. The zero-order valence-electron chi connectivity index (χ0n) is 16.0. The summed E-state index contributed by atoms with van der Waals surface area (Å²) >= 11 is 0. The number of carbonyl (C=O) groups is 2. The first-order chi connectivity index (χ1) is 11.7. The minimum Gasteiger partial charge on any atom is -0.338 e. The molecule has 1 aromatic carbocycles. The highest BCUT2D eigenvalue weighted by atomic mass is 16.2. The Bertz CT molecular complexity index is 632. The van der Waals surface area contributed by atoms with E-state index in [1.165, 1.54) is 0 Å². The molecule has 0 aromatic heterocycles. The standard InChI is InChI=1S/C20H31N3O2/c1-12-8-13(2)11-23(10-12)20(25)17-7-6-14(3)18(9-17)22-19(24)15(4)16(5)21/h6-7,9,12-13,15-16H,8,10-11,21H2,1-5H3,(H,22,24). The van der Waals surface area contributed by atoms with E-state index >= 15 is 0 Å². The van der Waals surface area contributed by atoms with Crippen LogP contribution in [0.2, 0.25) is 0 Å². The molecule has 1 heterocycles. The fourth-order valence-electron chi connectivity index (χ4n) is 3.39. The number of amides is 2. The molecule has 0 spiro atoms. The molecule has 4 atom stereocenters. The van der Waals surface area contributed by atoms with Gasteiger partial charge in [0.05, 0.1) is 5.92 Å². The van der Waals surface area contributed by atoms with Crippen LogP contribution < -0.4 is 11.1 Å². The van der Waals surface area contributed by atoms with Crippen molar-refractivity contribution in [3.05, 3.63) is 29.3 Å². The molecule has 3 N–H and O–H groups in total. The molecule has 0 saturated carbocycles. The summed E-state index contributed by atoms with van der Waals surface area (Å²) in [6.07, 6.45) is 1.16.